The van der Waals surface area contributed by atoms with Gasteiger partial charge in [0.1, 0.15) is 5.75 Å². The Morgan fingerprint density at radius 3 is 2.53 bits per heavy atom. The molecule has 4 nitrogen and oxygen atoms in total. The zero-order valence-electron chi connectivity index (χ0n) is 10.4. The van der Waals surface area contributed by atoms with Crippen molar-refractivity contribution >= 4 is 5.97 Å². The highest BCUT2D eigenvalue weighted by Crippen LogP contribution is 2.26. The maximum Gasteiger partial charge on any atom is 0.306 e. The number of hydrogen-bond donors (Lipinski definition) is 1. The summed E-state index contributed by atoms with van der Waals surface area (Å²) in [6, 6.07) is 5.69. The molecule has 0 radical (unpaired) electrons. The molecule has 94 valence electrons. The van der Waals surface area contributed by atoms with E-state index in [1.165, 1.54) is 0 Å². The van der Waals surface area contributed by atoms with Crippen LogP contribution in [0.1, 0.15) is 18.1 Å². The van der Waals surface area contributed by atoms with Crippen LogP contribution < -0.4 is 4.74 Å². The van der Waals surface area contributed by atoms with E-state index in [4.69, 9.17) is 14.6 Å². The van der Waals surface area contributed by atoms with Gasteiger partial charge in [0.15, 0.2) is 0 Å². The summed E-state index contributed by atoms with van der Waals surface area (Å²) in [5.41, 5.74) is 1.84. The molecule has 0 amide bonds. The maximum atomic E-state index is 10.8. The predicted octanol–water partition coefficient (Wildman–Crippen LogP) is 2.10. The lowest BCUT2D eigenvalue weighted by Gasteiger charge is -2.14. The number of para-hydroxylation sites is 1. The van der Waals surface area contributed by atoms with Crippen molar-refractivity contribution in [3.8, 4) is 5.75 Å². The molecule has 1 aromatic rings. The summed E-state index contributed by atoms with van der Waals surface area (Å²) in [5.74, 6) is -0.506. The smallest absolute Gasteiger partial charge is 0.306 e. The number of methoxy groups -OCH3 is 2. The zero-order chi connectivity index (χ0) is 12.8. The van der Waals surface area contributed by atoms with Gasteiger partial charge in [-0.15, -0.1) is 0 Å². The van der Waals surface area contributed by atoms with Crippen molar-refractivity contribution in [3.05, 3.63) is 29.3 Å². The lowest BCUT2D eigenvalue weighted by atomic mass is 9.98. The van der Waals surface area contributed by atoms with Crippen LogP contribution in [0.5, 0.6) is 5.75 Å². The van der Waals surface area contributed by atoms with Crippen LogP contribution in [-0.4, -0.2) is 25.3 Å². The van der Waals surface area contributed by atoms with Crippen LogP contribution in [0.4, 0.5) is 0 Å². The zero-order valence-corrected chi connectivity index (χ0v) is 10.4. The van der Waals surface area contributed by atoms with E-state index in [9.17, 15) is 4.79 Å². The van der Waals surface area contributed by atoms with Gasteiger partial charge in [0.2, 0.25) is 0 Å². The molecule has 4 heteroatoms. The molecule has 0 saturated heterocycles. The van der Waals surface area contributed by atoms with Gasteiger partial charge in [-0.2, -0.15) is 0 Å². The number of ether oxygens (including phenoxy) is 2. The van der Waals surface area contributed by atoms with E-state index in [2.05, 4.69) is 0 Å². The molecule has 0 aromatic heterocycles. The van der Waals surface area contributed by atoms with Gasteiger partial charge < -0.3 is 14.6 Å². The number of hydrogen-bond acceptors (Lipinski definition) is 3. The molecule has 1 N–H and O–H groups in total. The van der Waals surface area contributed by atoms with Crippen LogP contribution in [0, 0.1) is 5.92 Å². The van der Waals surface area contributed by atoms with Crippen molar-refractivity contribution in [2.75, 3.05) is 14.2 Å². The minimum Gasteiger partial charge on any atom is -0.496 e. The fourth-order valence-electron chi connectivity index (χ4n) is 1.75. The highest BCUT2D eigenvalue weighted by atomic mass is 16.5. The molecule has 0 spiro atoms. The predicted molar refractivity (Wildman–Crippen MR) is 64.2 cm³/mol. The van der Waals surface area contributed by atoms with Crippen LogP contribution >= 0.6 is 0 Å². The van der Waals surface area contributed by atoms with Gasteiger partial charge in [-0.3, -0.25) is 4.79 Å². The normalized spacial score (nSPS) is 12.2. The average molecular weight is 238 g/mol. The Kier molecular flexibility index (Phi) is 4.97. The van der Waals surface area contributed by atoms with Crippen molar-refractivity contribution in [3.63, 3.8) is 0 Å². The topological polar surface area (TPSA) is 55.8 Å². The van der Waals surface area contributed by atoms with Gasteiger partial charge in [-0.05, 0) is 12.0 Å². The van der Waals surface area contributed by atoms with Crippen LogP contribution in [0.2, 0.25) is 0 Å². The summed E-state index contributed by atoms with van der Waals surface area (Å²) in [5, 5.41) is 8.91. The summed E-state index contributed by atoms with van der Waals surface area (Å²) < 4.78 is 10.4. The third-order valence-corrected chi connectivity index (χ3v) is 2.63. The molecular formula is C13H18O4. The second kappa shape index (κ2) is 6.25. The Hall–Kier alpha value is -1.55. The van der Waals surface area contributed by atoms with Gasteiger partial charge in [0.25, 0.3) is 0 Å². The molecule has 0 bridgehead atoms. The summed E-state index contributed by atoms with van der Waals surface area (Å²) in [6.07, 6.45) is 0.454. The van der Waals surface area contributed by atoms with Crippen LogP contribution in [0.15, 0.2) is 18.2 Å². The largest absolute Gasteiger partial charge is 0.496 e. The van der Waals surface area contributed by atoms with Gasteiger partial charge in [0.05, 0.1) is 19.6 Å². The third kappa shape index (κ3) is 3.46. The molecule has 1 rings (SSSR count). The molecular weight excluding hydrogens is 220 g/mol. The van der Waals surface area contributed by atoms with E-state index in [0.717, 1.165) is 16.9 Å². The quantitative estimate of drug-likeness (QED) is 0.824. The molecule has 1 unspecified atom stereocenters. The first-order valence-corrected chi connectivity index (χ1v) is 5.46. The van der Waals surface area contributed by atoms with E-state index >= 15 is 0 Å². The van der Waals surface area contributed by atoms with E-state index in [-0.39, 0.29) is 0 Å². The van der Waals surface area contributed by atoms with Gasteiger partial charge in [-0.25, -0.2) is 0 Å². The molecule has 0 aliphatic rings. The molecule has 0 aliphatic carbocycles. The van der Waals surface area contributed by atoms with E-state index in [1.807, 2.05) is 18.2 Å². The Morgan fingerprint density at radius 1 is 1.35 bits per heavy atom. The number of carboxylic acid groups (broad SMARTS) is 1. The first-order chi connectivity index (χ1) is 8.10. The van der Waals surface area contributed by atoms with Crippen LogP contribution in [-0.2, 0) is 22.6 Å². The minimum absolute atomic E-state index is 0.429. The Morgan fingerprint density at radius 2 is 2.00 bits per heavy atom. The summed E-state index contributed by atoms with van der Waals surface area (Å²) in [4.78, 5) is 10.8. The van der Waals surface area contributed by atoms with Crippen molar-refractivity contribution in [1.82, 2.24) is 0 Å². The van der Waals surface area contributed by atoms with E-state index < -0.39 is 11.9 Å². The number of benzene rings is 1. The fourth-order valence-corrected chi connectivity index (χ4v) is 1.75. The first-order valence-electron chi connectivity index (χ1n) is 5.46. The Labute approximate surface area is 101 Å². The first kappa shape index (κ1) is 13.5. The van der Waals surface area contributed by atoms with Crippen LogP contribution in [0.3, 0.4) is 0 Å². The third-order valence-electron chi connectivity index (χ3n) is 2.63. The van der Waals surface area contributed by atoms with Gasteiger partial charge in [-0.1, -0.05) is 25.1 Å². The average Bonchev–Trinajstić information content (AvgIpc) is 2.29. The summed E-state index contributed by atoms with van der Waals surface area (Å²) >= 11 is 0. The number of aliphatic carboxylic acids is 1. The highest BCUT2D eigenvalue weighted by molar-refractivity contribution is 5.70. The molecule has 17 heavy (non-hydrogen) atoms. The van der Waals surface area contributed by atoms with E-state index in [1.54, 1.807) is 21.1 Å². The SMILES string of the molecule is COCc1cccc(CC(C)C(=O)O)c1OC. The number of rotatable bonds is 6. The van der Waals surface area contributed by atoms with Crippen molar-refractivity contribution in [2.24, 2.45) is 5.92 Å². The minimum atomic E-state index is -0.802. The van der Waals surface area contributed by atoms with Crippen LogP contribution in [0.25, 0.3) is 0 Å². The molecule has 0 heterocycles. The molecule has 1 atom stereocenters. The monoisotopic (exact) mass is 238 g/mol. The second-order valence-corrected chi connectivity index (χ2v) is 3.99. The maximum absolute atomic E-state index is 10.8. The summed E-state index contributed by atoms with van der Waals surface area (Å²) in [7, 11) is 3.20. The highest BCUT2D eigenvalue weighted by Gasteiger charge is 2.16. The van der Waals surface area contributed by atoms with Gasteiger partial charge in [0, 0.05) is 12.7 Å². The molecule has 0 fully saturated rings. The van der Waals surface area contributed by atoms with Crippen molar-refractivity contribution in [2.45, 2.75) is 20.0 Å². The fraction of sp³-hybridized carbons (Fsp3) is 0.462. The summed E-state index contributed by atoms with van der Waals surface area (Å²) in [6.45, 7) is 2.14. The number of carboxylic acids is 1. The van der Waals surface area contributed by atoms with Crippen molar-refractivity contribution < 1.29 is 19.4 Å². The lowest BCUT2D eigenvalue weighted by molar-refractivity contribution is -0.141. The Balaban J connectivity index is 2.98. The second-order valence-electron chi connectivity index (χ2n) is 3.99. The standard InChI is InChI=1S/C13H18O4/c1-9(13(14)15)7-10-5-4-6-11(8-16-2)12(10)17-3/h4-6,9H,7-8H2,1-3H3,(H,14,15). The molecule has 0 aliphatic heterocycles. The molecule has 1 aromatic carbocycles. The molecule has 0 saturated carbocycles. The van der Waals surface area contributed by atoms with E-state index in [0.29, 0.717) is 13.0 Å². The Bertz CT molecular complexity index is 387. The lowest BCUT2D eigenvalue weighted by Crippen LogP contribution is -2.13. The van der Waals surface area contributed by atoms with Gasteiger partial charge >= 0.3 is 5.97 Å². The van der Waals surface area contributed by atoms with Crippen molar-refractivity contribution in [1.29, 1.82) is 0 Å². The number of carbonyl (C=O) groups is 1.